The van der Waals surface area contributed by atoms with Crippen LogP contribution in [0.15, 0.2) is 53.9 Å². The van der Waals surface area contributed by atoms with Crippen LogP contribution in [0.25, 0.3) is 0 Å². The van der Waals surface area contributed by atoms with Crippen LogP contribution in [0.1, 0.15) is 23.7 Å². The van der Waals surface area contributed by atoms with Crippen LogP contribution in [-0.4, -0.2) is 10.9 Å². The smallest absolute Gasteiger partial charge is 0.332 e. The Balaban J connectivity index is 1.63. The van der Waals surface area contributed by atoms with E-state index >= 15 is 0 Å². The topological polar surface area (TPSA) is 54.0 Å². The van der Waals surface area contributed by atoms with Crippen molar-refractivity contribution in [3.63, 3.8) is 0 Å². The van der Waals surface area contributed by atoms with Gasteiger partial charge < -0.3 is 10.6 Å². The van der Waals surface area contributed by atoms with Crippen LogP contribution < -0.4 is 10.6 Å². The van der Waals surface area contributed by atoms with E-state index in [1.165, 1.54) is 23.5 Å². The minimum absolute atomic E-state index is 0.0822. The molecule has 1 amide bonds. The summed E-state index contributed by atoms with van der Waals surface area (Å²) in [4.78, 5) is 16.6. The van der Waals surface area contributed by atoms with Crippen molar-refractivity contribution in [2.75, 3.05) is 10.6 Å². The zero-order chi connectivity index (χ0) is 20.1. The molecule has 0 saturated heterocycles. The molecule has 0 radical (unpaired) electrons. The Bertz CT molecular complexity index is 969. The van der Waals surface area contributed by atoms with Crippen molar-refractivity contribution >= 4 is 33.8 Å². The molecule has 2 aromatic carbocycles. The van der Waals surface area contributed by atoms with Crippen molar-refractivity contribution in [1.82, 2.24) is 4.98 Å². The molecule has 3 rings (SSSR count). The fraction of sp³-hybridized carbons (Fsp3) is 0.200. The molecule has 0 saturated carbocycles. The maximum Gasteiger partial charge on any atom is 0.416 e. The SMILES string of the molecule is CCc1ccccc1NC(=O)Cc1csc(Nc2cccc(C(F)(F)F)c2)n1. The highest BCUT2D eigenvalue weighted by molar-refractivity contribution is 7.13. The monoisotopic (exact) mass is 405 g/mol. The molecule has 0 aliphatic rings. The van der Waals surface area contributed by atoms with Gasteiger partial charge in [-0.1, -0.05) is 31.2 Å². The van der Waals surface area contributed by atoms with Crippen LogP contribution in [0.5, 0.6) is 0 Å². The number of carbonyl (C=O) groups excluding carboxylic acids is 1. The molecular formula is C20H18F3N3OS. The van der Waals surface area contributed by atoms with Crippen molar-refractivity contribution < 1.29 is 18.0 Å². The molecule has 0 atom stereocenters. The van der Waals surface area contributed by atoms with Crippen molar-refractivity contribution in [1.29, 1.82) is 0 Å². The molecule has 8 heteroatoms. The normalized spacial score (nSPS) is 11.3. The number of nitrogens with zero attached hydrogens (tertiary/aromatic N) is 1. The molecule has 0 unspecified atom stereocenters. The second-order valence-electron chi connectivity index (χ2n) is 6.08. The number of para-hydroxylation sites is 1. The molecule has 0 aliphatic carbocycles. The van der Waals surface area contributed by atoms with Crippen LogP contribution in [0.2, 0.25) is 0 Å². The Morgan fingerprint density at radius 1 is 1.14 bits per heavy atom. The van der Waals surface area contributed by atoms with E-state index in [1.54, 1.807) is 5.38 Å². The zero-order valence-corrected chi connectivity index (χ0v) is 15.8. The third-order valence-electron chi connectivity index (χ3n) is 4.01. The van der Waals surface area contributed by atoms with Crippen LogP contribution in [-0.2, 0) is 23.8 Å². The van der Waals surface area contributed by atoms with E-state index in [4.69, 9.17) is 0 Å². The van der Waals surface area contributed by atoms with Crippen LogP contribution >= 0.6 is 11.3 Å². The number of benzene rings is 2. The van der Waals surface area contributed by atoms with Crippen molar-refractivity contribution in [2.45, 2.75) is 25.9 Å². The number of rotatable bonds is 6. The predicted octanol–water partition coefficient (Wildman–Crippen LogP) is 5.65. The Morgan fingerprint density at radius 3 is 2.68 bits per heavy atom. The Kier molecular flexibility index (Phi) is 5.99. The second kappa shape index (κ2) is 8.43. The van der Waals surface area contributed by atoms with Gasteiger partial charge in [-0.15, -0.1) is 11.3 Å². The first-order valence-electron chi connectivity index (χ1n) is 8.61. The first kappa shape index (κ1) is 19.9. The van der Waals surface area contributed by atoms with E-state index in [-0.39, 0.29) is 18.0 Å². The van der Waals surface area contributed by atoms with Crippen LogP contribution in [0.3, 0.4) is 0 Å². The molecule has 1 heterocycles. The summed E-state index contributed by atoms with van der Waals surface area (Å²) in [7, 11) is 0. The lowest BCUT2D eigenvalue weighted by Crippen LogP contribution is -2.15. The summed E-state index contributed by atoms with van der Waals surface area (Å²) in [5.41, 5.74) is 1.92. The van der Waals surface area contributed by atoms with Gasteiger partial charge in [0.05, 0.1) is 17.7 Å². The van der Waals surface area contributed by atoms with Crippen molar-refractivity contribution in [3.8, 4) is 0 Å². The Hall–Kier alpha value is -2.87. The number of aromatic nitrogens is 1. The number of alkyl halides is 3. The second-order valence-corrected chi connectivity index (χ2v) is 6.94. The minimum Gasteiger partial charge on any atom is -0.332 e. The van der Waals surface area contributed by atoms with Gasteiger partial charge in [-0.05, 0) is 36.2 Å². The molecule has 28 heavy (non-hydrogen) atoms. The van der Waals surface area contributed by atoms with Gasteiger partial charge in [-0.2, -0.15) is 13.2 Å². The van der Waals surface area contributed by atoms with Gasteiger partial charge in [0.15, 0.2) is 5.13 Å². The number of hydrogen-bond donors (Lipinski definition) is 2. The van der Waals surface area contributed by atoms with Gasteiger partial charge in [0.2, 0.25) is 5.91 Å². The minimum atomic E-state index is -4.40. The molecule has 0 aliphatic heterocycles. The molecule has 2 N–H and O–H groups in total. The zero-order valence-electron chi connectivity index (χ0n) is 15.0. The van der Waals surface area contributed by atoms with Crippen LogP contribution in [0, 0.1) is 0 Å². The summed E-state index contributed by atoms with van der Waals surface area (Å²) in [5.74, 6) is -0.197. The third kappa shape index (κ3) is 5.10. The van der Waals surface area contributed by atoms with E-state index in [2.05, 4.69) is 15.6 Å². The lowest BCUT2D eigenvalue weighted by atomic mass is 10.1. The van der Waals surface area contributed by atoms with Crippen LogP contribution in [0.4, 0.5) is 29.7 Å². The number of nitrogens with one attached hydrogen (secondary N) is 2. The average molecular weight is 405 g/mol. The highest BCUT2D eigenvalue weighted by Crippen LogP contribution is 2.31. The molecule has 4 nitrogen and oxygen atoms in total. The maximum atomic E-state index is 12.8. The number of anilines is 3. The van der Waals surface area contributed by atoms with Gasteiger partial charge in [0, 0.05) is 16.8 Å². The molecule has 3 aromatic rings. The van der Waals surface area contributed by atoms with Gasteiger partial charge >= 0.3 is 6.18 Å². The first-order valence-corrected chi connectivity index (χ1v) is 9.49. The van der Waals surface area contributed by atoms with Gasteiger partial charge in [0.1, 0.15) is 0 Å². The van der Waals surface area contributed by atoms with Gasteiger partial charge in [-0.3, -0.25) is 4.79 Å². The van der Waals surface area contributed by atoms with E-state index in [0.29, 0.717) is 10.8 Å². The molecule has 1 aromatic heterocycles. The standard InChI is InChI=1S/C20H18F3N3OS/c1-2-13-6-3-4-9-17(13)26-18(27)11-16-12-28-19(25-16)24-15-8-5-7-14(10-15)20(21,22)23/h3-10,12H,2,11H2,1H3,(H,24,25)(H,26,27). The van der Waals surface area contributed by atoms with E-state index in [1.807, 2.05) is 31.2 Å². The number of hydrogen-bond acceptors (Lipinski definition) is 4. The molecule has 0 fully saturated rings. The summed E-state index contributed by atoms with van der Waals surface area (Å²) in [6.07, 6.45) is -3.52. The number of thiazole rings is 1. The molecular weight excluding hydrogens is 387 g/mol. The molecule has 0 bridgehead atoms. The highest BCUT2D eigenvalue weighted by atomic mass is 32.1. The molecule has 146 valence electrons. The quantitative estimate of drug-likeness (QED) is 0.557. The summed E-state index contributed by atoms with van der Waals surface area (Å²) >= 11 is 1.23. The lowest BCUT2D eigenvalue weighted by molar-refractivity contribution is -0.137. The third-order valence-corrected chi connectivity index (χ3v) is 4.81. The summed E-state index contributed by atoms with van der Waals surface area (Å²) in [5, 5.41) is 7.86. The van der Waals surface area contributed by atoms with E-state index in [9.17, 15) is 18.0 Å². The number of halogens is 3. The first-order chi connectivity index (χ1) is 13.3. The lowest BCUT2D eigenvalue weighted by Gasteiger charge is -2.09. The number of carbonyl (C=O) groups is 1. The number of aryl methyl sites for hydroxylation is 1. The Morgan fingerprint density at radius 2 is 1.93 bits per heavy atom. The fourth-order valence-electron chi connectivity index (χ4n) is 2.65. The Labute approximate surface area is 164 Å². The van der Waals surface area contributed by atoms with Gasteiger partial charge in [0.25, 0.3) is 0 Å². The van der Waals surface area contributed by atoms with E-state index in [0.717, 1.165) is 29.8 Å². The largest absolute Gasteiger partial charge is 0.416 e. The van der Waals surface area contributed by atoms with Gasteiger partial charge in [-0.25, -0.2) is 4.98 Å². The average Bonchev–Trinajstić information content (AvgIpc) is 3.08. The number of amides is 1. The van der Waals surface area contributed by atoms with Crippen molar-refractivity contribution in [2.24, 2.45) is 0 Å². The summed E-state index contributed by atoms with van der Waals surface area (Å²) in [6, 6.07) is 12.5. The fourth-order valence-corrected chi connectivity index (χ4v) is 3.38. The van der Waals surface area contributed by atoms with Crippen molar-refractivity contribution in [3.05, 3.63) is 70.7 Å². The summed E-state index contributed by atoms with van der Waals surface area (Å²) < 4.78 is 38.4. The predicted molar refractivity (Wildman–Crippen MR) is 105 cm³/mol. The summed E-state index contributed by atoms with van der Waals surface area (Å²) in [6.45, 7) is 2.01. The highest BCUT2D eigenvalue weighted by Gasteiger charge is 2.30. The van der Waals surface area contributed by atoms with E-state index < -0.39 is 11.7 Å². The maximum absolute atomic E-state index is 12.8. The molecule has 0 spiro atoms.